The SMILES string of the molecule is O=C(NN1CCNCC1)[C@@H]1CCCN1S(=O)(=O)c1cccc2cnccc12. The van der Waals surface area contributed by atoms with E-state index in [1.165, 1.54) is 4.31 Å². The maximum Gasteiger partial charge on any atom is 0.252 e. The van der Waals surface area contributed by atoms with Crippen molar-refractivity contribution < 1.29 is 13.2 Å². The fraction of sp³-hybridized carbons (Fsp3) is 0.444. The molecule has 1 aromatic heterocycles. The predicted octanol–water partition coefficient (Wildman–Crippen LogP) is 0.324. The lowest BCUT2D eigenvalue weighted by Crippen LogP contribution is -2.56. The summed E-state index contributed by atoms with van der Waals surface area (Å²) in [4.78, 5) is 17.1. The van der Waals surface area contributed by atoms with Crippen molar-refractivity contribution in [3.05, 3.63) is 36.7 Å². The van der Waals surface area contributed by atoms with Gasteiger partial charge in [0, 0.05) is 55.9 Å². The summed E-state index contributed by atoms with van der Waals surface area (Å²) in [5.74, 6) is -0.250. The van der Waals surface area contributed by atoms with Gasteiger partial charge in [0.15, 0.2) is 0 Å². The average Bonchev–Trinajstić information content (AvgIpc) is 3.19. The number of nitrogens with one attached hydrogen (secondary N) is 2. The molecule has 2 aliphatic heterocycles. The molecule has 4 rings (SSSR count). The van der Waals surface area contributed by atoms with Crippen molar-refractivity contribution in [3.63, 3.8) is 0 Å². The Balaban J connectivity index is 1.61. The van der Waals surface area contributed by atoms with Gasteiger partial charge in [0.1, 0.15) is 6.04 Å². The lowest BCUT2D eigenvalue weighted by atomic mass is 10.2. The van der Waals surface area contributed by atoms with E-state index in [4.69, 9.17) is 0 Å². The van der Waals surface area contributed by atoms with E-state index in [9.17, 15) is 13.2 Å². The molecule has 8 nitrogen and oxygen atoms in total. The standard InChI is InChI=1S/C18H23N5O3S/c24-18(21-22-11-8-19-9-12-22)16-4-2-10-23(16)27(25,26)17-5-1-3-14-13-20-7-6-15(14)17/h1,3,5-7,13,16,19H,2,4,8-12H2,(H,21,24)/t16-/m0/s1. The van der Waals surface area contributed by atoms with E-state index in [-0.39, 0.29) is 10.8 Å². The van der Waals surface area contributed by atoms with Gasteiger partial charge in [-0.2, -0.15) is 4.31 Å². The maximum atomic E-state index is 13.4. The van der Waals surface area contributed by atoms with Crippen molar-refractivity contribution in [2.75, 3.05) is 32.7 Å². The molecule has 2 N–H and O–H groups in total. The van der Waals surface area contributed by atoms with Crippen LogP contribution in [-0.2, 0) is 14.8 Å². The highest BCUT2D eigenvalue weighted by Gasteiger charge is 2.40. The zero-order chi connectivity index (χ0) is 18.9. The molecular formula is C18H23N5O3S. The third kappa shape index (κ3) is 3.55. The molecule has 3 heterocycles. The van der Waals surface area contributed by atoms with E-state index >= 15 is 0 Å². The van der Waals surface area contributed by atoms with Crippen LogP contribution in [0, 0.1) is 0 Å². The number of nitrogens with zero attached hydrogens (tertiary/aromatic N) is 3. The summed E-state index contributed by atoms with van der Waals surface area (Å²) in [5.41, 5.74) is 2.89. The first-order chi connectivity index (χ1) is 13.1. The van der Waals surface area contributed by atoms with Gasteiger partial charge in [-0.1, -0.05) is 12.1 Å². The quantitative estimate of drug-likeness (QED) is 0.782. The molecule has 0 unspecified atom stereocenters. The molecule has 144 valence electrons. The number of carbonyl (C=O) groups excluding carboxylic acids is 1. The highest BCUT2D eigenvalue weighted by Crippen LogP contribution is 2.30. The van der Waals surface area contributed by atoms with Crippen LogP contribution >= 0.6 is 0 Å². The summed E-state index contributed by atoms with van der Waals surface area (Å²) in [7, 11) is -3.79. The number of rotatable bonds is 4. The Morgan fingerprint density at radius 2 is 2.00 bits per heavy atom. The second-order valence-electron chi connectivity index (χ2n) is 6.84. The highest BCUT2D eigenvalue weighted by molar-refractivity contribution is 7.89. The number of pyridine rings is 1. The summed E-state index contributed by atoms with van der Waals surface area (Å²) < 4.78 is 28.1. The molecule has 1 aromatic carbocycles. The van der Waals surface area contributed by atoms with Crippen LogP contribution in [0.4, 0.5) is 0 Å². The second-order valence-corrected chi connectivity index (χ2v) is 8.70. The number of piperazine rings is 1. The molecule has 1 atom stereocenters. The molecule has 0 bridgehead atoms. The first kappa shape index (κ1) is 18.3. The van der Waals surface area contributed by atoms with E-state index in [1.807, 2.05) is 11.1 Å². The zero-order valence-electron chi connectivity index (χ0n) is 15.0. The minimum Gasteiger partial charge on any atom is -0.314 e. The summed E-state index contributed by atoms with van der Waals surface area (Å²) >= 11 is 0. The number of amides is 1. The number of hydrazine groups is 1. The van der Waals surface area contributed by atoms with Gasteiger partial charge in [0.05, 0.1) is 4.90 Å². The van der Waals surface area contributed by atoms with Crippen LogP contribution in [0.2, 0.25) is 0 Å². The van der Waals surface area contributed by atoms with Crippen LogP contribution in [0.15, 0.2) is 41.6 Å². The first-order valence-corrected chi connectivity index (χ1v) is 10.6. The van der Waals surface area contributed by atoms with Gasteiger partial charge in [0.25, 0.3) is 5.91 Å². The number of benzene rings is 1. The molecule has 9 heteroatoms. The molecule has 2 aliphatic rings. The Morgan fingerprint density at radius 3 is 2.81 bits per heavy atom. The minimum atomic E-state index is -3.79. The Hall–Kier alpha value is -2.07. The molecule has 2 aromatic rings. The molecule has 27 heavy (non-hydrogen) atoms. The van der Waals surface area contributed by atoms with Gasteiger partial charge >= 0.3 is 0 Å². The van der Waals surface area contributed by atoms with Crippen LogP contribution in [0.5, 0.6) is 0 Å². The normalized spacial score (nSPS) is 22.1. The number of fused-ring (bicyclic) bond motifs is 1. The number of sulfonamides is 1. The third-order valence-electron chi connectivity index (χ3n) is 5.12. The van der Waals surface area contributed by atoms with Crippen molar-refractivity contribution in [1.29, 1.82) is 0 Å². The smallest absolute Gasteiger partial charge is 0.252 e. The van der Waals surface area contributed by atoms with Crippen LogP contribution in [0.1, 0.15) is 12.8 Å². The largest absolute Gasteiger partial charge is 0.314 e. The fourth-order valence-corrected chi connectivity index (χ4v) is 5.61. The Kier molecular flexibility index (Phi) is 5.09. The van der Waals surface area contributed by atoms with Crippen molar-refractivity contribution in [3.8, 4) is 0 Å². The van der Waals surface area contributed by atoms with Crippen LogP contribution in [-0.4, -0.2) is 67.4 Å². The van der Waals surface area contributed by atoms with Crippen molar-refractivity contribution in [1.82, 2.24) is 25.0 Å². The van der Waals surface area contributed by atoms with Gasteiger partial charge in [-0.05, 0) is 25.0 Å². The predicted molar refractivity (Wildman–Crippen MR) is 101 cm³/mol. The average molecular weight is 389 g/mol. The maximum absolute atomic E-state index is 13.4. The third-order valence-corrected chi connectivity index (χ3v) is 7.09. The van der Waals surface area contributed by atoms with E-state index in [0.29, 0.717) is 37.9 Å². The molecule has 2 saturated heterocycles. The molecule has 0 spiro atoms. The van der Waals surface area contributed by atoms with Gasteiger partial charge in [-0.25, -0.2) is 13.4 Å². The highest BCUT2D eigenvalue weighted by atomic mass is 32.2. The fourth-order valence-electron chi connectivity index (χ4n) is 3.74. The summed E-state index contributed by atoms with van der Waals surface area (Å²) in [6, 6.07) is 6.17. The number of aromatic nitrogens is 1. The van der Waals surface area contributed by atoms with Crippen LogP contribution in [0.25, 0.3) is 10.8 Å². The van der Waals surface area contributed by atoms with E-state index in [2.05, 4.69) is 15.7 Å². The zero-order valence-corrected chi connectivity index (χ0v) is 15.8. The minimum absolute atomic E-state index is 0.226. The van der Waals surface area contributed by atoms with Gasteiger partial charge < -0.3 is 5.32 Å². The molecule has 0 radical (unpaired) electrons. The topological polar surface area (TPSA) is 94.6 Å². The summed E-state index contributed by atoms with van der Waals surface area (Å²) in [6.45, 7) is 3.38. The summed E-state index contributed by atoms with van der Waals surface area (Å²) in [5, 5.41) is 6.47. The van der Waals surface area contributed by atoms with Gasteiger partial charge in [0.2, 0.25) is 10.0 Å². The molecule has 0 saturated carbocycles. The summed E-state index contributed by atoms with van der Waals surface area (Å²) in [6.07, 6.45) is 4.43. The Bertz CT molecular complexity index is 938. The lowest BCUT2D eigenvalue weighted by molar-refractivity contribution is -0.129. The molecule has 2 fully saturated rings. The van der Waals surface area contributed by atoms with Gasteiger partial charge in [-0.15, -0.1) is 0 Å². The van der Waals surface area contributed by atoms with Crippen molar-refractivity contribution in [2.45, 2.75) is 23.8 Å². The first-order valence-electron chi connectivity index (χ1n) is 9.18. The molecule has 0 aliphatic carbocycles. The van der Waals surface area contributed by atoms with Crippen molar-refractivity contribution in [2.24, 2.45) is 0 Å². The number of hydrogen-bond donors (Lipinski definition) is 2. The number of hydrogen-bond acceptors (Lipinski definition) is 6. The van der Waals surface area contributed by atoms with E-state index in [1.54, 1.807) is 30.6 Å². The Labute approximate surface area is 158 Å². The van der Waals surface area contributed by atoms with E-state index in [0.717, 1.165) is 18.5 Å². The Morgan fingerprint density at radius 1 is 1.19 bits per heavy atom. The molecular weight excluding hydrogens is 366 g/mol. The number of carbonyl (C=O) groups is 1. The van der Waals surface area contributed by atoms with Crippen LogP contribution < -0.4 is 10.7 Å². The monoisotopic (exact) mass is 389 g/mol. The second kappa shape index (κ2) is 7.51. The van der Waals surface area contributed by atoms with E-state index < -0.39 is 16.1 Å². The molecule has 1 amide bonds. The van der Waals surface area contributed by atoms with Crippen molar-refractivity contribution >= 4 is 26.7 Å². The lowest BCUT2D eigenvalue weighted by Gasteiger charge is -2.30. The van der Waals surface area contributed by atoms with Crippen LogP contribution in [0.3, 0.4) is 0 Å². The van der Waals surface area contributed by atoms with Gasteiger partial charge in [-0.3, -0.25) is 15.2 Å².